The third-order valence-corrected chi connectivity index (χ3v) is 3.94. The molecule has 0 aliphatic carbocycles. The molecule has 0 amide bonds. The zero-order chi connectivity index (χ0) is 17.5. The fourth-order valence-corrected chi connectivity index (χ4v) is 2.29. The van der Waals surface area contributed by atoms with Crippen LogP contribution >= 0.6 is 24.8 Å². The van der Waals surface area contributed by atoms with Gasteiger partial charge in [-0.25, -0.2) is 4.68 Å². The molecule has 1 rings (SSSR count). The first-order valence-corrected chi connectivity index (χ1v) is 9.41. The number of hydrogen-bond acceptors (Lipinski definition) is 6. The van der Waals surface area contributed by atoms with Gasteiger partial charge < -0.3 is 20.1 Å². The third kappa shape index (κ3) is 10.8. The van der Waals surface area contributed by atoms with E-state index >= 15 is 0 Å². The second-order valence-corrected chi connectivity index (χ2v) is 6.09. The second-order valence-electron chi connectivity index (χ2n) is 5.24. The van der Waals surface area contributed by atoms with Gasteiger partial charge in [-0.2, -0.15) is 12.6 Å². The second kappa shape index (κ2) is 14.4. The van der Waals surface area contributed by atoms with E-state index in [0.29, 0.717) is 44.6 Å². The van der Waals surface area contributed by atoms with Gasteiger partial charge in [0.2, 0.25) is 0 Å². The van der Waals surface area contributed by atoms with Gasteiger partial charge in [-0.3, -0.25) is 0 Å². The van der Waals surface area contributed by atoms with Gasteiger partial charge >= 0.3 is 0 Å². The molecule has 2 N–H and O–H groups in total. The first-order valence-electron chi connectivity index (χ1n) is 8.37. The molecule has 24 heavy (non-hydrogen) atoms. The fraction of sp³-hybridized carbons (Fsp3) is 0.800. The van der Waals surface area contributed by atoms with Crippen molar-refractivity contribution in [3.8, 4) is 0 Å². The average molecular weight is 376 g/mol. The molecule has 1 heterocycles. The fourth-order valence-electron chi connectivity index (χ4n) is 1.96. The maximum atomic E-state index is 5.53. The summed E-state index contributed by atoms with van der Waals surface area (Å²) in [6.45, 7) is 3.75. The number of hydrogen-bond donors (Lipinski definition) is 3. The van der Waals surface area contributed by atoms with E-state index in [-0.39, 0.29) is 0 Å². The Hall–Kier alpha value is -0.900. The van der Waals surface area contributed by atoms with Crippen LogP contribution in [-0.4, -0.2) is 65.9 Å². The van der Waals surface area contributed by atoms with E-state index in [1.165, 1.54) is 6.42 Å². The van der Waals surface area contributed by atoms with E-state index in [0.717, 1.165) is 30.7 Å². The van der Waals surface area contributed by atoms with Crippen molar-refractivity contribution in [3.63, 3.8) is 0 Å². The summed E-state index contributed by atoms with van der Waals surface area (Å²) in [4.78, 5) is 0. The van der Waals surface area contributed by atoms with Crippen molar-refractivity contribution < 1.29 is 9.47 Å². The molecule has 1 aromatic rings. The summed E-state index contributed by atoms with van der Waals surface area (Å²) in [5.41, 5.74) is 1.05. The number of thiol groups is 1. The van der Waals surface area contributed by atoms with Crippen molar-refractivity contribution in [1.82, 2.24) is 25.6 Å². The Labute approximate surface area is 155 Å². The molecule has 7 nitrogen and oxygen atoms in total. The topological polar surface area (TPSA) is 73.2 Å². The number of thiocarbonyl (C=S) groups is 1. The average Bonchev–Trinajstić information content (AvgIpc) is 3.04. The lowest BCUT2D eigenvalue weighted by Crippen LogP contribution is -2.34. The predicted octanol–water partition coefficient (Wildman–Crippen LogP) is 1.05. The summed E-state index contributed by atoms with van der Waals surface area (Å²) in [7, 11) is 1.78. The van der Waals surface area contributed by atoms with Crippen molar-refractivity contribution in [2.45, 2.75) is 32.2 Å². The van der Waals surface area contributed by atoms with Crippen molar-refractivity contribution in [2.75, 3.05) is 45.8 Å². The zero-order valence-corrected chi connectivity index (χ0v) is 16.1. The highest BCUT2D eigenvalue weighted by molar-refractivity contribution is 7.80. The molecule has 0 aromatic carbocycles. The molecule has 9 heteroatoms. The van der Waals surface area contributed by atoms with Crippen LogP contribution in [0.1, 0.15) is 25.0 Å². The van der Waals surface area contributed by atoms with E-state index < -0.39 is 0 Å². The molecular formula is C15H29N5O2S2. The molecule has 0 unspecified atom stereocenters. The molecule has 138 valence electrons. The van der Waals surface area contributed by atoms with Gasteiger partial charge in [0.05, 0.1) is 38.7 Å². The number of unbranched alkanes of at least 4 members (excludes halogenated alkanes) is 2. The van der Waals surface area contributed by atoms with Gasteiger partial charge in [0.1, 0.15) is 0 Å². The van der Waals surface area contributed by atoms with Crippen molar-refractivity contribution in [2.24, 2.45) is 0 Å². The molecule has 0 fully saturated rings. The Morgan fingerprint density at radius 1 is 1.21 bits per heavy atom. The summed E-state index contributed by atoms with van der Waals surface area (Å²) in [6, 6.07) is 0. The number of aryl methyl sites for hydroxylation is 1. The van der Waals surface area contributed by atoms with Crippen LogP contribution in [0.3, 0.4) is 0 Å². The number of rotatable bonds is 14. The van der Waals surface area contributed by atoms with Crippen LogP contribution < -0.4 is 10.6 Å². The lowest BCUT2D eigenvalue weighted by molar-refractivity contribution is 0.0458. The quantitative estimate of drug-likeness (QED) is 0.255. The van der Waals surface area contributed by atoms with Gasteiger partial charge in [0.15, 0.2) is 5.11 Å². The van der Waals surface area contributed by atoms with Crippen LogP contribution in [0.25, 0.3) is 0 Å². The minimum absolute atomic E-state index is 0.571. The normalized spacial score (nSPS) is 10.8. The van der Waals surface area contributed by atoms with Crippen molar-refractivity contribution in [1.29, 1.82) is 0 Å². The number of nitrogens with zero attached hydrogens (tertiary/aromatic N) is 3. The summed E-state index contributed by atoms with van der Waals surface area (Å²) in [5.74, 6) is 0.952. The van der Waals surface area contributed by atoms with Crippen LogP contribution in [0.15, 0.2) is 6.20 Å². The first kappa shape index (κ1) is 21.1. The van der Waals surface area contributed by atoms with Crippen LogP contribution in [-0.2, 0) is 22.4 Å². The molecule has 0 saturated carbocycles. The molecule has 0 spiro atoms. The van der Waals surface area contributed by atoms with E-state index in [9.17, 15) is 0 Å². The highest BCUT2D eigenvalue weighted by Gasteiger charge is 2.01. The minimum atomic E-state index is 0.571. The van der Waals surface area contributed by atoms with Crippen LogP contribution in [0.4, 0.5) is 0 Å². The van der Waals surface area contributed by atoms with E-state index in [2.05, 4.69) is 33.6 Å². The standard InChI is InChI=1S/C15H29N5O2S2/c1-16-15(24)17-6-8-21-10-11-22-9-7-20-13-14(18-19-20)5-3-2-4-12-23/h13,23H,2-12H2,1H3,(H2,16,17,24). The number of ether oxygens (including phenoxy) is 2. The molecular weight excluding hydrogens is 346 g/mol. The molecule has 0 aliphatic heterocycles. The SMILES string of the molecule is CNC(=S)NCCOCCOCCn1cc(CCCCCS)nn1. The molecule has 0 bridgehead atoms. The Kier molecular flexibility index (Phi) is 12.7. The Morgan fingerprint density at radius 3 is 2.75 bits per heavy atom. The van der Waals surface area contributed by atoms with E-state index in [4.69, 9.17) is 21.7 Å². The lowest BCUT2D eigenvalue weighted by Gasteiger charge is -2.08. The van der Waals surface area contributed by atoms with Crippen LogP contribution in [0.2, 0.25) is 0 Å². The Balaban J connectivity index is 1.94. The number of nitrogens with one attached hydrogen (secondary N) is 2. The summed E-state index contributed by atoms with van der Waals surface area (Å²) in [5, 5.41) is 14.8. The molecule has 0 saturated heterocycles. The first-order chi connectivity index (χ1) is 11.8. The van der Waals surface area contributed by atoms with Crippen molar-refractivity contribution >= 4 is 30.0 Å². The van der Waals surface area contributed by atoms with Gasteiger partial charge in [0, 0.05) is 19.8 Å². The van der Waals surface area contributed by atoms with E-state index in [1.807, 2.05) is 10.9 Å². The number of aromatic nitrogens is 3. The predicted molar refractivity (Wildman–Crippen MR) is 103 cm³/mol. The maximum Gasteiger partial charge on any atom is 0.166 e. The third-order valence-electron chi connectivity index (χ3n) is 3.27. The van der Waals surface area contributed by atoms with Gasteiger partial charge in [-0.1, -0.05) is 11.6 Å². The smallest absolute Gasteiger partial charge is 0.166 e. The molecule has 0 radical (unpaired) electrons. The Morgan fingerprint density at radius 2 is 2.00 bits per heavy atom. The van der Waals surface area contributed by atoms with Gasteiger partial charge in [-0.15, -0.1) is 5.10 Å². The lowest BCUT2D eigenvalue weighted by atomic mass is 10.2. The highest BCUT2D eigenvalue weighted by Crippen LogP contribution is 2.04. The summed E-state index contributed by atoms with van der Waals surface area (Å²) >= 11 is 9.17. The summed E-state index contributed by atoms with van der Waals surface area (Å²) in [6.07, 6.45) is 6.46. The van der Waals surface area contributed by atoms with E-state index in [1.54, 1.807) is 7.05 Å². The highest BCUT2D eigenvalue weighted by atomic mass is 32.1. The molecule has 0 atom stereocenters. The molecule has 1 aromatic heterocycles. The van der Waals surface area contributed by atoms with Crippen LogP contribution in [0, 0.1) is 0 Å². The largest absolute Gasteiger partial charge is 0.377 e. The maximum absolute atomic E-state index is 5.53. The summed E-state index contributed by atoms with van der Waals surface area (Å²) < 4.78 is 12.8. The molecule has 0 aliphatic rings. The van der Waals surface area contributed by atoms with Gasteiger partial charge in [0.25, 0.3) is 0 Å². The monoisotopic (exact) mass is 375 g/mol. The minimum Gasteiger partial charge on any atom is -0.377 e. The van der Waals surface area contributed by atoms with Crippen LogP contribution in [0.5, 0.6) is 0 Å². The Bertz CT molecular complexity index is 445. The van der Waals surface area contributed by atoms with Gasteiger partial charge in [-0.05, 0) is 37.2 Å². The van der Waals surface area contributed by atoms with Crippen molar-refractivity contribution in [3.05, 3.63) is 11.9 Å². The zero-order valence-electron chi connectivity index (χ0n) is 14.4.